The van der Waals surface area contributed by atoms with Gasteiger partial charge in [-0.15, -0.1) is 0 Å². The van der Waals surface area contributed by atoms with Crippen molar-refractivity contribution in [2.24, 2.45) is 5.73 Å². The number of hydrogen-bond acceptors (Lipinski definition) is 2. The van der Waals surface area contributed by atoms with Crippen molar-refractivity contribution in [1.82, 2.24) is 4.90 Å². The summed E-state index contributed by atoms with van der Waals surface area (Å²) >= 11 is 0. The quantitative estimate of drug-likeness (QED) is 0.898. The Labute approximate surface area is 146 Å². The Bertz CT molecular complexity index is 806. The van der Waals surface area contributed by atoms with Crippen molar-refractivity contribution in [3.05, 3.63) is 59.2 Å². The SMILES string of the molecule is Cc1cc(F)ccc1-c1ccc(C(=O)N2CCC(N)CC2C)cc1F. The Morgan fingerprint density at radius 1 is 1.16 bits per heavy atom. The minimum absolute atomic E-state index is 0.0401. The third-order valence-electron chi connectivity index (χ3n) is 4.87. The van der Waals surface area contributed by atoms with Crippen LogP contribution in [0.3, 0.4) is 0 Å². The fraction of sp³-hybridized carbons (Fsp3) is 0.350. The molecule has 0 spiro atoms. The summed E-state index contributed by atoms with van der Waals surface area (Å²) in [7, 11) is 0. The summed E-state index contributed by atoms with van der Waals surface area (Å²) in [6.45, 7) is 4.28. The third kappa shape index (κ3) is 3.56. The van der Waals surface area contributed by atoms with Crippen LogP contribution in [-0.2, 0) is 0 Å². The van der Waals surface area contributed by atoms with Crippen molar-refractivity contribution < 1.29 is 13.6 Å². The highest BCUT2D eigenvalue weighted by atomic mass is 19.1. The number of likely N-dealkylation sites (tertiary alicyclic amines) is 1. The number of carbonyl (C=O) groups excluding carboxylic acids is 1. The fourth-order valence-electron chi connectivity index (χ4n) is 3.47. The monoisotopic (exact) mass is 344 g/mol. The summed E-state index contributed by atoms with van der Waals surface area (Å²) in [4.78, 5) is 14.4. The fourth-order valence-corrected chi connectivity index (χ4v) is 3.47. The van der Waals surface area contributed by atoms with Crippen molar-refractivity contribution in [2.75, 3.05) is 6.54 Å². The Morgan fingerprint density at radius 3 is 2.52 bits per heavy atom. The molecule has 3 rings (SSSR count). The second kappa shape index (κ2) is 6.92. The first-order chi connectivity index (χ1) is 11.9. The number of nitrogens with zero attached hydrogens (tertiary/aromatic N) is 1. The van der Waals surface area contributed by atoms with Crippen LogP contribution in [-0.4, -0.2) is 29.4 Å². The van der Waals surface area contributed by atoms with E-state index in [9.17, 15) is 13.6 Å². The van der Waals surface area contributed by atoms with Crippen LogP contribution in [0.25, 0.3) is 11.1 Å². The number of piperidine rings is 1. The van der Waals surface area contributed by atoms with Crippen LogP contribution in [0, 0.1) is 18.6 Å². The number of rotatable bonds is 2. The molecule has 2 N–H and O–H groups in total. The smallest absolute Gasteiger partial charge is 0.254 e. The molecule has 0 aliphatic carbocycles. The number of aryl methyl sites for hydroxylation is 1. The van der Waals surface area contributed by atoms with Crippen molar-refractivity contribution >= 4 is 5.91 Å². The molecule has 1 heterocycles. The normalized spacial score (nSPS) is 20.6. The highest BCUT2D eigenvalue weighted by molar-refractivity contribution is 5.95. The first-order valence-electron chi connectivity index (χ1n) is 8.49. The summed E-state index contributed by atoms with van der Waals surface area (Å²) in [6, 6.07) is 8.86. The number of carbonyl (C=O) groups is 1. The molecule has 0 saturated carbocycles. The highest BCUT2D eigenvalue weighted by Crippen LogP contribution is 2.28. The minimum atomic E-state index is -0.484. The largest absolute Gasteiger partial charge is 0.336 e. The molecule has 0 radical (unpaired) electrons. The van der Waals surface area contributed by atoms with Crippen LogP contribution in [0.4, 0.5) is 8.78 Å². The van der Waals surface area contributed by atoms with E-state index < -0.39 is 5.82 Å². The average molecular weight is 344 g/mol. The molecule has 2 atom stereocenters. The zero-order valence-corrected chi connectivity index (χ0v) is 14.4. The van der Waals surface area contributed by atoms with Gasteiger partial charge in [-0.1, -0.05) is 12.1 Å². The number of nitrogens with two attached hydrogens (primary N) is 1. The summed E-state index contributed by atoms with van der Waals surface area (Å²) in [5.41, 5.74) is 7.89. The molecule has 2 aromatic carbocycles. The van der Waals surface area contributed by atoms with Crippen LogP contribution < -0.4 is 5.73 Å². The predicted octanol–water partition coefficient (Wildman–Crippen LogP) is 3.89. The first kappa shape index (κ1) is 17.5. The van der Waals surface area contributed by atoms with Crippen molar-refractivity contribution in [3.63, 3.8) is 0 Å². The molecular formula is C20H22F2N2O. The van der Waals surface area contributed by atoms with Gasteiger partial charge in [0.25, 0.3) is 5.91 Å². The molecule has 132 valence electrons. The zero-order valence-electron chi connectivity index (χ0n) is 14.4. The van der Waals surface area contributed by atoms with Crippen LogP contribution in [0.2, 0.25) is 0 Å². The molecule has 1 saturated heterocycles. The lowest BCUT2D eigenvalue weighted by atomic mass is 9.96. The topological polar surface area (TPSA) is 46.3 Å². The predicted molar refractivity (Wildman–Crippen MR) is 94.2 cm³/mol. The number of halogens is 2. The van der Waals surface area contributed by atoms with E-state index in [0.717, 1.165) is 12.8 Å². The summed E-state index contributed by atoms with van der Waals surface area (Å²) in [6.07, 6.45) is 1.51. The minimum Gasteiger partial charge on any atom is -0.336 e. The van der Waals surface area contributed by atoms with Gasteiger partial charge in [-0.25, -0.2) is 8.78 Å². The van der Waals surface area contributed by atoms with E-state index in [1.165, 1.54) is 18.2 Å². The van der Waals surface area contributed by atoms with E-state index in [2.05, 4.69) is 0 Å². The zero-order chi connectivity index (χ0) is 18.1. The van der Waals surface area contributed by atoms with E-state index in [1.54, 1.807) is 30.0 Å². The number of benzene rings is 2. The van der Waals surface area contributed by atoms with E-state index in [-0.39, 0.29) is 23.8 Å². The van der Waals surface area contributed by atoms with Gasteiger partial charge in [-0.2, -0.15) is 0 Å². The summed E-state index contributed by atoms with van der Waals surface area (Å²) in [5.74, 6) is -1.02. The lowest BCUT2D eigenvalue weighted by Gasteiger charge is -2.36. The number of hydrogen-bond donors (Lipinski definition) is 1. The van der Waals surface area contributed by atoms with E-state index in [4.69, 9.17) is 5.73 Å². The van der Waals surface area contributed by atoms with Crippen LogP contribution >= 0.6 is 0 Å². The second-order valence-electron chi connectivity index (χ2n) is 6.79. The lowest BCUT2D eigenvalue weighted by molar-refractivity contribution is 0.0618. The molecular weight excluding hydrogens is 322 g/mol. The van der Waals surface area contributed by atoms with Crippen molar-refractivity contribution in [3.8, 4) is 11.1 Å². The summed E-state index contributed by atoms with van der Waals surface area (Å²) < 4.78 is 27.9. The molecule has 5 heteroatoms. The average Bonchev–Trinajstić information content (AvgIpc) is 2.55. The van der Waals surface area contributed by atoms with Gasteiger partial charge in [0, 0.05) is 29.8 Å². The van der Waals surface area contributed by atoms with E-state index >= 15 is 0 Å². The van der Waals surface area contributed by atoms with E-state index in [0.29, 0.717) is 28.8 Å². The molecule has 1 aliphatic heterocycles. The molecule has 2 unspecified atom stereocenters. The summed E-state index contributed by atoms with van der Waals surface area (Å²) in [5, 5.41) is 0. The molecule has 2 aromatic rings. The van der Waals surface area contributed by atoms with E-state index in [1.807, 2.05) is 6.92 Å². The van der Waals surface area contributed by atoms with Gasteiger partial charge < -0.3 is 10.6 Å². The van der Waals surface area contributed by atoms with Crippen molar-refractivity contribution in [2.45, 2.75) is 38.8 Å². The standard InChI is InChI=1S/C20H22F2N2O/c1-12-9-15(21)4-6-17(12)18-5-3-14(11-19(18)22)20(25)24-8-7-16(23)10-13(24)2/h3-6,9,11,13,16H,7-8,10,23H2,1-2H3. The molecule has 0 aromatic heterocycles. The highest BCUT2D eigenvalue weighted by Gasteiger charge is 2.28. The molecule has 1 aliphatic rings. The Balaban J connectivity index is 1.88. The maximum Gasteiger partial charge on any atom is 0.254 e. The van der Waals surface area contributed by atoms with Gasteiger partial charge in [0.15, 0.2) is 0 Å². The number of amides is 1. The van der Waals surface area contributed by atoms with Crippen molar-refractivity contribution in [1.29, 1.82) is 0 Å². The van der Waals surface area contributed by atoms with Crippen LogP contribution in [0.1, 0.15) is 35.7 Å². The molecule has 0 bridgehead atoms. The second-order valence-corrected chi connectivity index (χ2v) is 6.79. The molecule has 1 amide bonds. The molecule has 25 heavy (non-hydrogen) atoms. The third-order valence-corrected chi connectivity index (χ3v) is 4.87. The van der Waals surface area contributed by atoms with Gasteiger partial charge >= 0.3 is 0 Å². The van der Waals surface area contributed by atoms with Crippen LogP contribution in [0.5, 0.6) is 0 Å². The maximum absolute atomic E-state index is 14.6. The first-order valence-corrected chi connectivity index (χ1v) is 8.49. The van der Waals surface area contributed by atoms with Gasteiger partial charge in [0.05, 0.1) is 0 Å². The Morgan fingerprint density at radius 2 is 1.88 bits per heavy atom. The maximum atomic E-state index is 14.6. The Kier molecular flexibility index (Phi) is 4.86. The Hall–Kier alpha value is -2.27. The van der Waals surface area contributed by atoms with Gasteiger partial charge in [0.1, 0.15) is 11.6 Å². The van der Waals surface area contributed by atoms with Gasteiger partial charge in [-0.3, -0.25) is 4.79 Å². The van der Waals surface area contributed by atoms with Gasteiger partial charge in [0.2, 0.25) is 0 Å². The molecule has 3 nitrogen and oxygen atoms in total. The van der Waals surface area contributed by atoms with Crippen LogP contribution in [0.15, 0.2) is 36.4 Å². The van der Waals surface area contributed by atoms with Gasteiger partial charge in [-0.05, 0) is 62.1 Å². The lowest BCUT2D eigenvalue weighted by Crippen LogP contribution is -2.48. The molecule has 1 fully saturated rings.